The highest BCUT2D eigenvalue weighted by atomic mass is 32.1. The van der Waals surface area contributed by atoms with Gasteiger partial charge in [0, 0.05) is 41.9 Å². The maximum atomic E-state index is 8.96. The molecule has 2 heterocycles. The molecule has 19 heavy (non-hydrogen) atoms. The fraction of sp³-hybridized carbons (Fsp3) is 0.600. The topological polar surface area (TPSA) is 43.7 Å². The number of likely N-dealkylation sites (tertiary alicyclic amines) is 1. The van der Waals surface area contributed by atoms with E-state index in [1.807, 2.05) is 0 Å². The molecule has 0 spiro atoms. The van der Waals surface area contributed by atoms with Crippen molar-refractivity contribution in [2.24, 2.45) is 5.92 Å². The van der Waals surface area contributed by atoms with Crippen molar-refractivity contribution >= 4 is 11.3 Å². The van der Waals surface area contributed by atoms with Gasteiger partial charge in [-0.2, -0.15) is 0 Å². The molecule has 104 valence electrons. The van der Waals surface area contributed by atoms with Gasteiger partial charge in [0.25, 0.3) is 0 Å². The molecule has 0 saturated carbocycles. The summed E-state index contributed by atoms with van der Waals surface area (Å²) in [5.74, 6) is 6.68. The van der Waals surface area contributed by atoms with Gasteiger partial charge in [-0.05, 0) is 31.4 Å². The molecule has 1 aromatic heterocycles. The van der Waals surface area contributed by atoms with Crippen LogP contribution in [0, 0.1) is 17.8 Å². The van der Waals surface area contributed by atoms with E-state index >= 15 is 0 Å². The normalized spacial score (nSPS) is 19.4. The number of rotatable bonds is 5. The van der Waals surface area contributed by atoms with Gasteiger partial charge in [0.2, 0.25) is 0 Å². The molecule has 2 N–H and O–H groups in total. The van der Waals surface area contributed by atoms with Crippen LogP contribution < -0.4 is 0 Å². The van der Waals surface area contributed by atoms with E-state index in [0.29, 0.717) is 18.9 Å². The Bertz CT molecular complexity index is 446. The Labute approximate surface area is 118 Å². The molecule has 0 amide bonds. The summed E-state index contributed by atoms with van der Waals surface area (Å²) in [5, 5.41) is 19.7. The molecule has 1 saturated heterocycles. The Morgan fingerprint density at radius 1 is 1.37 bits per heavy atom. The molecular formula is C15H21NO2S. The van der Waals surface area contributed by atoms with Gasteiger partial charge < -0.3 is 10.2 Å². The maximum Gasteiger partial charge on any atom is 0.0540 e. The Kier molecular flexibility index (Phi) is 5.87. The predicted molar refractivity (Wildman–Crippen MR) is 78.0 cm³/mol. The fourth-order valence-electron chi connectivity index (χ4n) is 2.44. The zero-order chi connectivity index (χ0) is 13.5. The lowest BCUT2D eigenvalue weighted by Gasteiger charge is -2.14. The quantitative estimate of drug-likeness (QED) is 0.806. The lowest BCUT2D eigenvalue weighted by atomic mass is 10.1. The van der Waals surface area contributed by atoms with E-state index < -0.39 is 0 Å². The molecule has 1 atom stereocenters. The van der Waals surface area contributed by atoms with Crippen molar-refractivity contribution in [3.63, 3.8) is 0 Å². The SMILES string of the molecule is OCCC#Cc1csc(CN2CCC(CCO)C2)c1. The number of thiophene rings is 1. The second kappa shape index (κ2) is 7.66. The molecule has 0 aromatic carbocycles. The van der Waals surface area contributed by atoms with Gasteiger partial charge >= 0.3 is 0 Å². The van der Waals surface area contributed by atoms with Gasteiger partial charge in [-0.3, -0.25) is 4.90 Å². The van der Waals surface area contributed by atoms with Crippen LogP contribution in [0.4, 0.5) is 0 Å². The van der Waals surface area contributed by atoms with Crippen LogP contribution in [0.15, 0.2) is 11.4 Å². The third kappa shape index (κ3) is 4.63. The molecule has 1 aliphatic rings. The minimum absolute atomic E-state index is 0.129. The van der Waals surface area contributed by atoms with Crippen LogP contribution in [0.3, 0.4) is 0 Å². The van der Waals surface area contributed by atoms with Gasteiger partial charge in [-0.25, -0.2) is 0 Å². The number of aliphatic hydroxyl groups excluding tert-OH is 2. The molecule has 1 unspecified atom stereocenters. The van der Waals surface area contributed by atoms with Crippen molar-refractivity contribution in [3.8, 4) is 11.8 Å². The van der Waals surface area contributed by atoms with Crippen molar-refractivity contribution < 1.29 is 10.2 Å². The predicted octanol–water partition coefficient (Wildman–Crippen LogP) is 1.69. The Morgan fingerprint density at radius 2 is 2.26 bits per heavy atom. The average molecular weight is 279 g/mol. The summed E-state index contributed by atoms with van der Waals surface area (Å²) >= 11 is 1.75. The van der Waals surface area contributed by atoms with Crippen LogP contribution in [0.5, 0.6) is 0 Å². The molecule has 0 bridgehead atoms. The van der Waals surface area contributed by atoms with E-state index in [0.717, 1.165) is 31.6 Å². The lowest BCUT2D eigenvalue weighted by molar-refractivity contribution is 0.250. The first-order valence-electron chi connectivity index (χ1n) is 6.82. The fourth-order valence-corrected chi connectivity index (χ4v) is 3.30. The van der Waals surface area contributed by atoms with Crippen LogP contribution in [0.25, 0.3) is 0 Å². The number of aliphatic hydroxyl groups is 2. The Balaban J connectivity index is 1.82. The van der Waals surface area contributed by atoms with Crippen LogP contribution in [-0.4, -0.2) is 41.4 Å². The van der Waals surface area contributed by atoms with E-state index in [1.54, 1.807) is 11.3 Å². The zero-order valence-corrected chi connectivity index (χ0v) is 12.0. The molecule has 0 aliphatic carbocycles. The standard InChI is InChI=1S/C15H21NO2S/c17-7-2-1-3-14-9-15(19-12-14)11-16-6-4-13(10-16)5-8-18/h9,12-13,17-18H,2,4-8,10-11H2. The molecule has 1 aliphatic heterocycles. The highest BCUT2D eigenvalue weighted by molar-refractivity contribution is 7.10. The summed E-state index contributed by atoms with van der Waals surface area (Å²) in [6, 6.07) is 2.15. The molecule has 1 aromatic rings. The van der Waals surface area contributed by atoms with Crippen LogP contribution in [0.1, 0.15) is 29.7 Å². The van der Waals surface area contributed by atoms with E-state index in [2.05, 4.69) is 28.2 Å². The van der Waals surface area contributed by atoms with Crippen molar-refractivity contribution in [3.05, 3.63) is 21.9 Å². The van der Waals surface area contributed by atoms with Crippen molar-refractivity contribution in [1.82, 2.24) is 4.90 Å². The van der Waals surface area contributed by atoms with Gasteiger partial charge in [-0.1, -0.05) is 11.8 Å². The van der Waals surface area contributed by atoms with E-state index in [1.165, 1.54) is 11.3 Å². The molecule has 4 heteroatoms. The molecule has 3 nitrogen and oxygen atoms in total. The lowest BCUT2D eigenvalue weighted by Crippen LogP contribution is -2.19. The van der Waals surface area contributed by atoms with E-state index in [4.69, 9.17) is 10.2 Å². The molecular weight excluding hydrogens is 258 g/mol. The van der Waals surface area contributed by atoms with Gasteiger partial charge in [-0.15, -0.1) is 11.3 Å². The third-order valence-electron chi connectivity index (χ3n) is 3.41. The molecule has 0 radical (unpaired) electrons. The highest BCUT2D eigenvalue weighted by Crippen LogP contribution is 2.23. The molecule has 2 rings (SSSR count). The monoisotopic (exact) mass is 279 g/mol. The van der Waals surface area contributed by atoms with Gasteiger partial charge in [0.1, 0.15) is 0 Å². The summed E-state index contributed by atoms with van der Waals surface area (Å²) in [4.78, 5) is 3.80. The van der Waals surface area contributed by atoms with Crippen molar-refractivity contribution in [1.29, 1.82) is 0 Å². The highest BCUT2D eigenvalue weighted by Gasteiger charge is 2.22. The first-order valence-corrected chi connectivity index (χ1v) is 7.70. The van der Waals surface area contributed by atoms with Crippen molar-refractivity contribution in [2.45, 2.75) is 25.8 Å². The van der Waals surface area contributed by atoms with Crippen LogP contribution in [-0.2, 0) is 6.54 Å². The summed E-state index contributed by atoms with van der Waals surface area (Å²) in [6.07, 6.45) is 2.67. The second-order valence-electron chi connectivity index (χ2n) is 4.98. The summed E-state index contributed by atoms with van der Waals surface area (Å²) < 4.78 is 0. The van der Waals surface area contributed by atoms with E-state index in [-0.39, 0.29) is 6.61 Å². The average Bonchev–Trinajstić information content (AvgIpc) is 3.01. The minimum atomic E-state index is 0.129. The number of nitrogens with zero attached hydrogens (tertiary/aromatic N) is 1. The third-order valence-corrected chi connectivity index (χ3v) is 4.33. The zero-order valence-electron chi connectivity index (χ0n) is 11.1. The second-order valence-corrected chi connectivity index (χ2v) is 5.97. The smallest absolute Gasteiger partial charge is 0.0540 e. The number of hydrogen-bond acceptors (Lipinski definition) is 4. The first-order chi connectivity index (χ1) is 9.31. The Hall–Kier alpha value is -0.860. The Morgan fingerprint density at radius 3 is 3.05 bits per heavy atom. The number of hydrogen-bond donors (Lipinski definition) is 2. The summed E-state index contributed by atoms with van der Waals surface area (Å²) in [7, 11) is 0. The minimum Gasteiger partial charge on any atom is -0.396 e. The molecule has 1 fully saturated rings. The maximum absolute atomic E-state index is 8.96. The van der Waals surface area contributed by atoms with E-state index in [9.17, 15) is 0 Å². The summed E-state index contributed by atoms with van der Waals surface area (Å²) in [5.41, 5.74) is 1.06. The van der Waals surface area contributed by atoms with Crippen LogP contribution in [0.2, 0.25) is 0 Å². The van der Waals surface area contributed by atoms with Gasteiger partial charge in [0.15, 0.2) is 0 Å². The van der Waals surface area contributed by atoms with Crippen LogP contribution >= 0.6 is 11.3 Å². The summed E-state index contributed by atoms with van der Waals surface area (Å²) in [6.45, 7) is 3.67. The van der Waals surface area contributed by atoms with Gasteiger partial charge in [0.05, 0.1) is 6.61 Å². The first kappa shape index (κ1) is 14.5. The largest absolute Gasteiger partial charge is 0.396 e. The van der Waals surface area contributed by atoms with Crippen molar-refractivity contribution in [2.75, 3.05) is 26.3 Å².